The van der Waals surface area contributed by atoms with E-state index in [9.17, 15) is 9.59 Å². The van der Waals surface area contributed by atoms with Crippen molar-refractivity contribution in [3.05, 3.63) is 64.9 Å². The molecule has 0 aliphatic rings. The van der Waals surface area contributed by atoms with Gasteiger partial charge < -0.3 is 10.6 Å². The van der Waals surface area contributed by atoms with Crippen LogP contribution in [0.2, 0.25) is 5.02 Å². The second-order valence-corrected chi connectivity index (χ2v) is 5.38. The fraction of sp³-hybridized carbons (Fsp3) is 0.235. The van der Waals surface area contributed by atoms with Crippen molar-refractivity contribution in [3.63, 3.8) is 0 Å². The summed E-state index contributed by atoms with van der Waals surface area (Å²) in [4.78, 5) is 27.5. The van der Waals surface area contributed by atoms with Gasteiger partial charge in [0.1, 0.15) is 0 Å². The van der Waals surface area contributed by atoms with E-state index in [1.165, 1.54) is 6.20 Å². The molecule has 0 radical (unpaired) electrons. The van der Waals surface area contributed by atoms with Crippen LogP contribution >= 0.6 is 11.6 Å². The Bertz CT molecular complexity index is 662. The van der Waals surface area contributed by atoms with Crippen LogP contribution in [0.25, 0.3) is 0 Å². The van der Waals surface area contributed by atoms with Crippen LogP contribution < -0.4 is 10.6 Å². The number of aromatic nitrogens is 1. The number of nitrogens with zero attached hydrogens (tertiary/aromatic N) is 1. The Hall–Kier alpha value is -2.40. The van der Waals surface area contributed by atoms with E-state index in [1.807, 2.05) is 18.2 Å². The zero-order chi connectivity index (χ0) is 16.5. The molecule has 0 fully saturated rings. The minimum absolute atomic E-state index is 0.0864. The summed E-state index contributed by atoms with van der Waals surface area (Å²) in [5.74, 6) is -0.253. The minimum Gasteiger partial charge on any atom is -0.356 e. The van der Waals surface area contributed by atoms with Crippen LogP contribution in [0, 0.1) is 0 Å². The SMILES string of the molecule is O=C(Cc1ccccc1Cl)NCCCNC(=O)c1cccnc1. The molecule has 5 nitrogen and oxygen atoms in total. The molecule has 0 aliphatic heterocycles. The highest BCUT2D eigenvalue weighted by Crippen LogP contribution is 2.15. The van der Waals surface area contributed by atoms with E-state index < -0.39 is 0 Å². The Morgan fingerprint density at radius 2 is 1.83 bits per heavy atom. The van der Waals surface area contributed by atoms with Crippen LogP contribution in [0.1, 0.15) is 22.3 Å². The normalized spacial score (nSPS) is 10.1. The van der Waals surface area contributed by atoms with Crippen molar-refractivity contribution in [2.75, 3.05) is 13.1 Å². The van der Waals surface area contributed by atoms with Crippen molar-refractivity contribution in [1.29, 1.82) is 0 Å². The van der Waals surface area contributed by atoms with Crippen LogP contribution in [0.4, 0.5) is 0 Å². The third-order valence-electron chi connectivity index (χ3n) is 3.19. The molecule has 0 saturated heterocycles. The molecule has 0 aliphatic carbocycles. The molecule has 120 valence electrons. The molecule has 23 heavy (non-hydrogen) atoms. The lowest BCUT2D eigenvalue weighted by molar-refractivity contribution is -0.120. The highest BCUT2D eigenvalue weighted by molar-refractivity contribution is 6.31. The predicted molar refractivity (Wildman–Crippen MR) is 89.4 cm³/mol. The predicted octanol–water partition coefficient (Wildman–Crippen LogP) is 2.21. The van der Waals surface area contributed by atoms with E-state index in [-0.39, 0.29) is 18.2 Å². The molecule has 1 aromatic carbocycles. The minimum atomic E-state index is -0.166. The maximum absolute atomic E-state index is 11.8. The van der Waals surface area contributed by atoms with E-state index >= 15 is 0 Å². The summed E-state index contributed by atoms with van der Waals surface area (Å²) in [6, 6.07) is 10.7. The van der Waals surface area contributed by atoms with Gasteiger partial charge in [-0.25, -0.2) is 0 Å². The molecule has 0 unspecified atom stereocenters. The zero-order valence-corrected chi connectivity index (χ0v) is 13.3. The van der Waals surface area contributed by atoms with Crippen molar-refractivity contribution in [3.8, 4) is 0 Å². The van der Waals surface area contributed by atoms with Gasteiger partial charge in [0.25, 0.3) is 5.91 Å². The lowest BCUT2D eigenvalue weighted by Gasteiger charge is -2.07. The van der Waals surface area contributed by atoms with Gasteiger partial charge in [-0.05, 0) is 30.2 Å². The largest absolute Gasteiger partial charge is 0.356 e. The van der Waals surface area contributed by atoms with E-state index in [0.717, 1.165) is 5.56 Å². The second-order valence-electron chi connectivity index (χ2n) is 4.97. The summed E-state index contributed by atoms with van der Waals surface area (Å²) in [6.45, 7) is 0.983. The van der Waals surface area contributed by atoms with Gasteiger partial charge in [0, 0.05) is 30.5 Å². The van der Waals surface area contributed by atoms with Crippen LogP contribution in [-0.2, 0) is 11.2 Å². The van der Waals surface area contributed by atoms with Gasteiger partial charge in [-0.1, -0.05) is 29.8 Å². The molecule has 0 bridgehead atoms. The van der Waals surface area contributed by atoms with E-state index in [1.54, 1.807) is 24.4 Å². The Morgan fingerprint density at radius 1 is 1.04 bits per heavy atom. The van der Waals surface area contributed by atoms with Crippen molar-refractivity contribution >= 4 is 23.4 Å². The van der Waals surface area contributed by atoms with Crippen molar-refractivity contribution < 1.29 is 9.59 Å². The molecule has 2 aromatic rings. The number of hydrogen-bond donors (Lipinski definition) is 2. The molecule has 0 atom stereocenters. The average Bonchev–Trinajstić information content (AvgIpc) is 2.57. The standard InChI is InChI=1S/C17H18ClN3O2/c18-15-7-2-1-5-13(15)11-16(22)20-9-4-10-21-17(23)14-6-3-8-19-12-14/h1-3,5-8,12H,4,9-11H2,(H,20,22)(H,21,23). The summed E-state index contributed by atoms with van der Waals surface area (Å²) in [5.41, 5.74) is 1.33. The first-order valence-corrected chi connectivity index (χ1v) is 7.73. The Balaban J connectivity index is 1.63. The van der Waals surface area contributed by atoms with Gasteiger partial charge in [0.15, 0.2) is 0 Å². The van der Waals surface area contributed by atoms with Gasteiger partial charge in [-0.2, -0.15) is 0 Å². The smallest absolute Gasteiger partial charge is 0.252 e. The molecular formula is C17H18ClN3O2. The molecule has 0 saturated carbocycles. The first kappa shape index (κ1) is 17.0. The Kier molecular flexibility index (Phi) is 6.56. The number of carbonyl (C=O) groups is 2. The van der Waals surface area contributed by atoms with Gasteiger partial charge in [0.05, 0.1) is 12.0 Å². The first-order chi connectivity index (χ1) is 11.2. The maximum atomic E-state index is 11.8. The third-order valence-corrected chi connectivity index (χ3v) is 3.56. The molecule has 2 amide bonds. The van der Waals surface area contributed by atoms with Crippen LogP contribution in [0.3, 0.4) is 0 Å². The number of pyridine rings is 1. The number of halogens is 1. The van der Waals surface area contributed by atoms with Gasteiger partial charge >= 0.3 is 0 Å². The van der Waals surface area contributed by atoms with Crippen LogP contribution in [-0.4, -0.2) is 29.9 Å². The van der Waals surface area contributed by atoms with Crippen molar-refractivity contribution in [1.82, 2.24) is 15.6 Å². The van der Waals surface area contributed by atoms with E-state index in [4.69, 9.17) is 11.6 Å². The summed E-state index contributed by atoms with van der Waals surface area (Å²) >= 11 is 6.01. The Morgan fingerprint density at radius 3 is 2.57 bits per heavy atom. The molecular weight excluding hydrogens is 314 g/mol. The second kappa shape index (κ2) is 8.90. The highest BCUT2D eigenvalue weighted by Gasteiger charge is 2.06. The number of rotatable bonds is 7. The number of nitrogens with one attached hydrogen (secondary N) is 2. The molecule has 1 heterocycles. The topological polar surface area (TPSA) is 71.1 Å². The summed E-state index contributed by atoms with van der Waals surface area (Å²) in [5, 5.41) is 6.18. The molecule has 0 spiro atoms. The van der Waals surface area contributed by atoms with Crippen molar-refractivity contribution in [2.45, 2.75) is 12.8 Å². The monoisotopic (exact) mass is 331 g/mol. The number of amides is 2. The molecule has 2 rings (SSSR count). The van der Waals surface area contributed by atoms with Crippen LogP contribution in [0.5, 0.6) is 0 Å². The van der Waals surface area contributed by atoms with Crippen LogP contribution in [0.15, 0.2) is 48.8 Å². The molecule has 1 aromatic heterocycles. The van der Waals surface area contributed by atoms with Gasteiger partial charge in [-0.3, -0.25) is 14.6 Å². The zero-order valence-electron chi connectivity index (χ0n) is 12.6. The third kappa shape index (κ3) is 5.71. The number of hydrogen-bond acceptors (Lipinski definition) is 3. The maximum Gasteiger partial charge on any atom is 0.252 e. The average molecular weight is 332 g/mol. The highest BCUT2D eigenvalue weighted by atomic mass is 35.5. The molecule has 2 N–H and O–H groups in total. The van der Waals surface area contributed by atoms with E-state index in [2.05, 4.69) is 15.6 Å². The van der Waals surface area contributed by atoms with Gasteiger partial charge in [0.2, 0.25) is 5.91 Å². The number of benzene rings is 1. The fourth-order valence-corrected chi connectivity index (χ4v) is 2.20. The summed E-state index contributed by atoms with van der Waals surface area (Å²) < 4.78 is 0. The Labute approximate surface area is 140 Å². The summed E-state index contributed by atoms with van der Waals surface area (Å²) in [6.07, 6.45) is 4.04. The lowest BCUT2D eigenvalue weighted by atomic mass is 10.1. The fourth-order valence-electron chi connectivity index (χ4n) is 1.99. The first-order valence-electron chi connectivity index (χ1n) is 7.35. The molecule has 6 heteroatoms. The lowest BCUT2D eigenvalue weighted by Crippen LogP contribution is -2.30. The van der Waals surface area contributed by atoms with Crippen molar-refractivity contribution in [2.24, 2.45) is 0 Å². The number of carbonyl (C=O) groups excluding carboxylic acids is 2. The van der Waals surface area contributed by atoms with E-state index in [0.29, 0.717) is 30.1 Å². The van der Waals surface area contributed by atoms with Gasteiger partial charge in [-0.15, -0.1) is 0 Å². The summed E-state index contributed by atoms with van der Waals surface area (Å²) in [7, 11) is 0. The quantitative estimate of drug-likeness (QED) is 0.764.